The molecule has 24 heavy (non-hydrogen) atoms. The van der Waals surface area contributed by atoms with Crippen LogP contribution >= 0.6 is 11.6 Å². The highest BCUT2D eigenvalue weighted by Crippen LogP contribution is 2.22. The molecule has 2 heterocycles. The van der Waals surface area contributed by atoms with Gasteiger partial charge in [-0.05, 0) is 36.4 Å². The summed E-state index contributed by atoms with van der Waals surface area (Å²) in [5, 5.41) is 4.45. The van der Waals surface area contributed by atoms with Gasteiger partial charge in [0.2, 0.25) is 0 Å². The Labute approximate surface area is 141 Å². The number of benzene rings is 2. The number of fused-ring (bicyclic) bond motifs is 1. The van der Waals surface area contributed by atoms with Gasteiger partial charge in [0.1, 0.15) is 6.33 Å². The Kier molecular flexibility index (Phi) is 3.51. The smallest absolute Gasteiger partial charge is 0.292 e. The van der Waals surface area contributed by atoms with E-state index in [1.54, 1.807) is 41.3 Å². The van der Waals surface area contributed by atoms with Crippen molar-refractivity contribution in [3.8, 4) is 11.3 Å². The molecule has 118 valence electrons. The number of imidazole rings is 1. The zero-order valence-electron chi connectivity index (χ0n) is 12.3. The van der Waals surface area contributed by atoms with E-state index in [4.69, 9.17) is 16.1 Å². The summed E-state index contributed by atoms with van der Waals surface area (Å²) in [6.07, 6.45) is 1.54. The molecule has 0 fully saturated rings. The molecule has 4 rings (SSSR count). The first-order valence-electron chi connectivity index (χ1n) is 7.17. The van der Waals surface area contributed by atoms with E-state index in [2.05, 4.69) is 15.6 Å². The van der Waals surface area contributed by atoms with Gasteiger partial charge in [-0.1, -0.05) is 28.9 Å². The lowest BCUT2D eigenvalue weighted by Gasteiger charge is -2.04. The fourth-order valence-electron chi connectivity index (χ4n) is 2.35. The van der Waals surface area contributed by atoms with E-state index in [-0.39, 0.29) is 11.6 Å². The fourth-order valence-corrected chi connectivity index (χ4v) is 2.47. The molecule has 0 unspecified atom stereocenters. The molecule has 4 aromatic rings. The van der Waals surface area contributed by atoms with E-state index >= 15 is 0 Å². The summed E-state index contributed by atoms with van der Waals surface area (Å²) < 4.78 is 6.79. The number of aromatic nitrogens is 3. The Morgan fingerprint density at radius 1 is 1.12 bits per heavy atom. The van der Waals surface area contributed by atoms with Gasteiger partial charge in [-0.15, -0.1) is 0 Å². The summed E-state index contributed by atoms with van der Waals surface area (Å²) in [5.41, 5.74) is 5.29. The van der Waals surface area contributed by atoms with Crippen molar-refractivity contribution in [3.05, 3.63) is 71.6 Å². The molecule has 0 radical (unpaired) electrons. The van der Waals surface area contributed by atoms with Crippen molar-refractivity contribution in [1.29, 1.82) is 0 Å². The van der Waals surface area contributed by atoms with Gasteiger partial charge in [-0.3, -0.25) is 10.2 Å². The summed E-state index contributed by atoms with van der Waals surface area (Å²) >= 11 is 5.86. The maximum absolute atomic E-state index is 12.4. The van der Waals surface area contributed by atoms with Crippen molar-refractivity contribution in [1.82, 2.24) is 14.8 Å². The molecule has 6 nitrogen and oxygen atoms in total. The molecular formula is C17H11ClN4O2. The van der Waals surface area contributed by atoms with Crippen LogP contribution in [0, 0.1) is 0 Å². The lowest BCUT2D eigenvalue weighted by Crippen LogP contribution is -2.22. The predicted molar refractivity (Wildman–Crippen MR) is 90.4 cm³/mol. The van der Waals surface area contributed by atoms with Crippen LogP contribution in [0.25, 0.3) is 22.4 Å². The summed E-state index contributed by atoms with van der Waals surface area (Å²) in [6, 6.07) is 16.2. The molecule has 0 atom stereocenters. The van der Waals surface area contributed by atoms with Gasteiger partial charge < -0.3 is 4.52 Å². The largest absolute Gasteiger partial charge is 0.355 e. The zero-order valence-corrected chi connectivity index (χ0v) is 13.1. The second-order valence-corrected chi connectivity index (χ2v) is 5.56. The molecule has 7 heteroatoms. The van der Waals surface area contributed by atoms with Crippen LogP contribution in [0.3, 0.4) is 0 Å². The number of hydrogen-bond acceptors (Lipinski definition) is 4. The Bertz CT molecular complexity index is 1020. The van der Waals surface area contributed by atoms with Crippen LogP contribution in [0.15, 0.2) is 65.4 Å². The first-order valence-corrected chi connectivity index (χ1v) is 7.54. The normalized spacial score (nSPS) is 10.9. The van der Waals surface area contributed by atoms with Gasteiger partial charge in [0.15, 0.2) is 11.5 Å². The average molecular weight is 339 g/mol. The SMILES string of the molecule is O=C(Nn1cnc2ccccc21)c1cc(-c2ccc(Cl)cc2)on1. The van der Waals surface area contributed by atoms with E-state index in [0.29, 0.717) is 10.8 Å². The van der Waals surface area contributed by atoms with E-state index in [0.717, 1.165) is 16.6 Å². The van der Waals surface area contributed by atoms with E-state index < -0.39 is 0 Å². The molecule has 2 aromatic carbocycles. The lowest BCUT2D eigenvalue weighted by molar-refractivity contribution is 0.1000. The standard InChI is InChI=1S/C17H11ClN4O2/c18-12-7-5-11(6-8-12)16-9-14(21-24-16)17(23)20-22-10-19-13-3-1-2-4-15(13)22/h1-10H,(H,20,23). The number of rotatable bonds is 3. The highest BCUT2D eigenvalue weighted by Gasteiger charge is 2.15. The maximum atomic E-state index is 12.4. The molecule has 2 aromatic heterocycles. The minimum atomic E-state index is -0.387. The summed E-state index contributed by atoms with van der Waals surface area (Å²) in [4.78, 5) is 16.6. The van der Waals surface area contributed by atoms with Crippen LogP contribution < -0.4 is 5.43 Å². The first kappa shape index (κ1) is 14.5. The molecule has 1 amide bonds. The van der Waals surface area contributed by atoms with Crippen LogP contribution in [-0.2, 0) is 0 Å². The number of para-hydroxylation sites is 2. The number of hydrogen-bond donors (Lipinski definition) is 1. The number of nitrogens with zero attached hydrogens (tertiary/aromatic N) is 3. The van der Waals surface area contributed by atoms with Crippen molar-refractivity contribution in [2.45, 2.75) is 0 Å². The van der Waals surface area contributed by atoms with Crippen molar-refractivity contribution < 1.29 is 9.32 Å². The third kappa shape index (κ3) is 2.63. The van der Waals surface area contributed by atoms with Crippen LogP contribution in [0.1, 0.15) is 10.5 Å². The molecule has 1 N–H and O–H groups in total. The second-order valence-electron chi connectivity index (χ2n) is 5.13. The number of nitrogens with one attached hydrogen (secondary N) is 1. The number of carbonyl (C=O) groups is 1. The van der Waals surface area contributed by atoms with Crippen LogP contribution in [0.4, 0.5) is 0 Å². The summed E-state index contributed by atoms with van der Waals surface area (Å²) in [6.45, 7) is 0. The minimum absolute atomic E-state index is 0.178. The van der Waals surface area contributed by atoms with Gasteiger partial charge in [-0.25, -0.2) is 9.66 Å². The molecule has 0 saturated carbocycles. The van der Waals surface area contributed by atoms with E-state index in [1.165, 1.54) is 0 Å². The third-order valence-corrected chi connectivity index (χ3v) is 3.80. The van der Waals surface area contributed by atoms with Gasteiger partial charge in [0.05, 0.1) is 11.0 Å². The highest BCUT2D eigenvalue weighted by atomic mass is 35.5. The predicted octanol–water partition coefficient (Wildman–Crippen LogP) is 3.73. The Morgan fingerprint density at radius 2 is 1.92 bits per heavy atom. The maximum Gasteiger partial charge on any atom is 0.292 e. The first-order chi connectivity index (χ1) is 11.7. The summed E-state index contributed by atoms with van der Waals surface area (Å²) in [7, 11) is 0. The van der Waals surface area contributed by atoms with Gasteiger partial charge in [0, 0.05) is 16.7 Å². The molecule has 0 saturated heterocycles. The third-order valence-electron chi connectivity index (χ3n) is 3.55. The van der Waals surface area contributed by atoms with E-state index in [1.807, 2.05) is 24.3 Å². The molecule has 0 aliphatic carbocycles. The monoisotopic (exact) mass is 338 g/mol. The zero-order chi connectivity index (χ0) is 16.5. The molecular weight excluding hydrogens is 328 g/mol. The second kappa shape index (κ2) is 5.82. The Morgan fingerprint density at radius 3 is 2.75 bits per heavy atom. The van der Waals surface area contributed by atoms with Crippen molar-refractivity contribution in [2.24, 2.45) is 0 Å². The number of amides is 1. The Hall–Kier alpha value is -3.12. The fraction of sp³-hybridized carbons (Fsp3) is 0. The van der Waals surface area contributed by atoms with Gasteiger partial charge in [-0.2, -0.15) is 0 Å². The number of halogens is 1. The van der Waals surface area contributed by atoms with Crippen molar-refractivity contribution in [2.75, 3.05) is 5.43 Å². The van der Waals surface area contributed by atoms with Crippen LogP contribution in [0.2, 0.25) is 5.02 Å². The lowest BCUT2D eigenvalue weighted by atomic mass is 10.1. The van der Waals surface area contributed by atoms with Crippen molar-refractivity contribution >= 4 is 28.5 Å². The topological polar surface area (TPSA) is 73.0 Å². The van der Waals surface area contributed by atoms with Crippen LogP contribution in [0.5, 0.6) is 0 Å². The average Bonchev–Trinajstić information content (AvgIpc) is 3.23. The Balaban J connectivity index is 1.58. The molecule has 0 bridgehead atoms. The van der Waals surface area contributed by atoms with Gasteiger partial charge >= 0.3 is 0 Å². The summed E-state index contributed by atoms with van der Waals surface area (Å²) in [5.74, 6) is 0.106. The van der Waals surface area contributed by atoms with Crippen LogP contribution in [-0.4, -0.2) is 20.7 Å². The number of carbonyl (C=O) groups excluding carboxylic acids is 1. The quantitative estimate of drug-likeness (QED) is 0.617. The highest BCUT2D eigenvalue weighted by molar-refractivity contribution is 6.30. The van der Waals surface area contributed by atoms with Gasteiger partial charge in [0.25, 0.3) is 5.91 Å². The molecule has 0 spiro atoms. The van der Waals surface area contributed by atoms with E-state index in [9.17, 15) is 4.79 Å². The molecule has 0 aliphatic rings. The minimum Gasteiger partial charge on any atom is -0.355 e. The van der Waals surface area contributed by atoms with Crippen molar-refractivity contribution in [3.63, 3.8) is 0 Å². The molecule has 0 aliphatic heterocycles.